The first-order valence-corrected chi connectivity index (χ1v) is 4.96. The maximum Gasteiger partial charge on any atom is 0.308 e. The van der Waals surface area contributed by atoms with Crippen molar-refractivity contribution < 1.29 is 23.8 Å². The summed E-state index contributed by atoms with van der Waals surface area (Å²) >= 11 is 0. The summed E-state index contributed by atoms with van der Waals surface area (Å²) in [5.41, 5.74) is 0.359. The number of ether oxygens (including phenoxy) is 3. The number of rotatable bonds is 5. The summed E-state index contributed by atoms with van der Waals surface area (Å²) in [6.07, 6.45) is -0.956. The summed E-state index contributed by atoms with van der Waals surface area (Å²) in [4.78, 5) is 22.6. The fraction of sp³-hybridized carbons (Fsp3) is 0.333. The summed E-state index contributed by atoms with van der Waals surface area (Å²) in [5, 5.41) is 0. The largest absolute Gasteiger partial charge is 0.427 e. The number of hydrogen-bond acceptors (Lipinski definition) is 5. The molecule has 0 fully saturated rings. The first kappa shape index (κ1) is 13.3. The molecule has 1 aromatic rings. The van der Waals surface area contributed by atoms with Gasteiger partial charge in [-0.25, -0.2) is 0 Å². The second-order valence-corrected chi connectivity index (χ2v) is 3.29. The molecule has 5 heteroatoms. The van der Waals surface area contributed by atoms with Gasteiger partial charge >= 0.3 is 5.97 Å². The summed E-state index contributed by atoms with van der Waals surface area (Å²) in [7, 11) is 2.75. The molecule has 17 heavy (non-hydrogen) atoms. The Morgan fingerprint density at radius 1 is 1.18 bits per heavy atom. The van der Waals surface area contributed by atoms with Gasteiger partial charge in [-0.3, -0.25) is 9.59 Å². The standard InChI is InChI=1S/C12H14O5/c1-8(13)17-10-6-4-5-9(7-10)11(14)12(15-2)16-3/h4-7,12H,1-3H3. The summed E-state index contributed by atoms with van der Waals surface area (Å²) in [6, 6.07) is 6.27. The van der Waals surface area contributed by atoms with Crippen LogP contribution < -0.4 is 4.74 Å². The van der Waals surface area contributed by atoms with E-state index in [1.54, 1.807) is 18.2 Å². The van der Waals surface area contributed by atoms with Gasteiger partial charge in [-0.15, -0.1) is 0 Å². The van der Waals surface area contributed by atoms with Crippen LogP contribution in [0, 0.1) is 0 Å². The zero-order valence-corrected chi connectivity index (χ0v) is 9.93. The third-order valence-electron chi connectivity index (χ3n) is 2.02. The molecule has 0 unspecified atom stereocenters. The molecule has 5 nitrogen and oxygen atoms in total. The van der Waals surface area contributed by atoms with Crippen molar-refractivity contribution in [2.45, 2.75) is 13.2 Å². The van der Waals surface area contributed by atoms with Gasteiger partial charge in [0.25, 0.3) is 0 Å². The van der Waals surface area contributed by atoms with Gasteiger partial charge in [-0.1, -0.05) is 12.1 Å². The van der Waals surface area contributed by atoms with Crippen molar-refractivity contribution in [2.24, 2.45) is 0 Å². The van der Waals surface area contributed by atoms with Crippen molar-refractivity contribution in [3.63, 3.8) is 0 Å². The van der Waals surface area contributed by atoms with Crippen molar-refractivity contribution in [2.75, 3.05) is 14.2 Å². The Bertz CT molecular complexity index is 409. The highest BCUT2D eigenvalue weighted by molar-refractivity contribution is 5.99. The average molecular weight is 238 g/mol. The molecule has 0 N–H and O–H groups in total. The molecule has 0 aliphatic rings. The SMILES string of the molecule is COC(OC)C(=O)c1cccc(OC(C)=O)c1. The summed E-state index contributed by atoms with van der Waals surface area (Å²) < 4.78 is 14.6. The van der Waals surface area contributed by atoms with E-state index in [-0.39, 0.29) is 5.78 Å². The average Bonchev–Trinajstić information content (AvgIpc) is 2.30. The van der Waals surface area contributed by atoms with Crippen LogP contribution in [0.5, 0.6) is 5.75 Å². The van der Waals surface area contributed by atoms with Gasteiger partial charge in [0.05, 0.1) is 0 Å². The number of Topliss-reactive ketones (excluding diaryl/α,β-unsaturated/α-hetero) is 1. The van der Waals surface area contributed by atoms with Crippen LogP contribution in [0.1, 0.15) is 17.3 Å². The van der Waals surface area contributed by atoms with Gasteiger partial charge in [-0.05, 0) is 12.1 Å². The van der Waals surface area contributed by atoms with Crippen molar-refractivity contribution in [3.8, 4) is 5.75 Å². The van der Waals surface area contributed by atoms with E-state index >= 15 is 0 Å². The maximum absolute atomic E-state index is 11.9. The van der Waals surface area contributed by atoms with Crippen molar-refractivity contribution in [1.29, 1.82) is 0 Å². The molecule has 0 radical (unpaired) electrons. The fourth-order valence-corrected chi connectivity index (χ4v) is 1.33. The van der Waals surface area contributed by atoms with Crippen molar-refractivity contribution in [3.05, 3.63) is 29.8 Å². The van der Waals surface area contributed by atoms with Crippen LogP contribution in [0.2, 0.25) is 0 Å². The molecule has 0 saturated carbocycles. The van der Waals surface area contributed by atoms with E-state index in [0.29, 0.717) is 11.3 Å². The number of carbonyl (C=O) groups is 2. The highest BCUT2D eigenvalue weighted by Gasteiger charge is 2.19. The minimum absolute atomic E-state index is 0.314. The second-order valence-electron chi connectivity index (χ2n) is 3.29. The summed E-state index contributed by atoms with van der Waals surface area (Å²) in [6.45, 7) is 1.29. The number of hydrogen-bond donors (Lipinski definition) is 0. The number of carbonyl (C=O) groups excluding carboxylic acids is 2. The van der Waals surface area contributed by atoms with Crippen LogP contribution in [0.25, 0.3) is 0 Å². The number of methoxy groups -OCH3 is 2. The molecule has 0 saturated heterocycles. The van der Waals surface area contributed by atoms with E-state index in [9.17, 15) is 9.59 Å². The van der Waals surface area contributed by atoms with Crippen LogP contribution in [0.3, 0.4) is 0 Å². The third kappa shape index (κ3) is 3.65. The normalized spacial score (nSPS) is 10.4. The van der Waals surface area contributed by atoms with E-state index < -0.39 is 12.3 Å². The van der Waals surface area contributed by atoms with E-state index in [1.807, 2.05) is 0 Å². The molecule has 92 valence electrons. The molecular weight excluding hydrogens is 224 g/mol. The lowest BCUT2D eigenvalue weighted by atomic mass is 10.1. The van der Waals surface area contributed by atoms with Gasteiger partial charge in [-0.2, -0.15) is 0 Å². The Hall–Kier alpha value is -1.72. The number of benzene rings is 1. The minimum Gasteiger partial charge on any atom is -0.427 e. The highest BCUT2D eigenvalue weighted by atomic mass is 16.7. The monoisotopic (exact) mass is 238 g/mol. The Balaban J connectivity index is 2.90. The molecular formula is C12H14O5. The van der Waals surface area contributed by atoms with E-state index in [2.05, 4.69) is 0 Å². The Labute approximate surface area is 99.3 Å². The van der Waals surface area contributed by atoms with E-state index in [1.165, 1.54) is 27.2 Å². The minimum atomic E-state index is -0.956. The van der Waals surface area contributed by atoms with Crippen LogP contribution in [-0.4, -0.2) is 32.3 Å². The molecule has 1 aromatic carbocycles. The van der Waals surface area contributed by atoms with Gasteiger partial charge in [0.15, 0.2) is 0 Å². The van der Waals surface area contributed by atoms with Crippen molar-refractivity contribution in [1.82, 2.24) is 0 Å². The van der Waals surface area contributed by atoms with Gasteiger partial charge in [0.1, 0.15) is 5.75 Å². The Kier molecular flexibility index (Phi) is 4.81. The molecule has 0 bridgehead atoms. The molecule has 0 heterocycles. The molecule has 0 atom stereocenters. The van der Waals surface area contributed by atoms with Crippen LogP contribution in [0.4, 0.5) is 0 Å². The lowest BCUT2D eigenvalue weighted by molar-refractivity contribution is -0.131. The molecule has 0 amide bonds. The topological polar surface area (TPSA) is 61.8 Å². The van der Waals surface area contributed by atoms with Crippen molar-refractivity contribution >= 4 is 11.8 Å². The molecule has 0 aromatic heterocycles. The lowest BCUT2D eigenvalue weighted by Crippen LogP contribution is -2.24. The zero-order valence-electron chi connectivity index (χ0n) is 9.93. The molecule has 1 rings (SSSR count). The maximum atomic E-state index is 11.9. The van der Waals surface area contributed by atoms with Crippen LogP contribution in [-0.2, 0) is 14.3 Å². The van der Waals surface area contributed by atoms with Crippen LogP contribution in [0.15, 0.2) is 24.3 Å². The van der Waals surface area contributed by atoms with Crippen LogP contribution >= 0.6 is 0 Å². The van der Waals surface area contributed by atoms with E-state index in [4.69, 9.17) is 14.2 Å². The number of ketones is 1. The first-order valence-electron chi connectivity index (χ1n) is 4.96. The second kappa shape index (κ2) is 6.12. The smallest absolute Gasteiger partial charge is 0.308 e. The number of esters is 1. The summed E-state index contributed by atoms with van der Waals surface area (Å²) in [5.74, 6) is -0.456. The quantitative estimate of drug-likeness (QED) is 0.336. The van der Waals surface area contributed by atoms with Gasteiger partial charge < -0.3 is 14.2 Å². The van der Waals surface area contributed by atoms with Gasteiger partial charge in [0.2, 0.25) is 12.1 Å². The zero-order chi connectivity index (χ0) is 12.8. The first-order chi connectivity index (χ1) is 8.08. The fourth-order valence-electron chi connectivity index (χ4n) is 1.33. The molecule has 0 aliphatic heterocycles. The Morgan fingerprint density at radius 3 is 2.35 bits per heavy atom. The van der Waals surface area contributed by atoms with Gasteiger partial charge in [0, 0.05) is 26.7 Å². The highest BCUT2D eigenvalue weighted by Crippen LogP contribution is 2.15. The molecule has 0 spiro atoms. The third-order valence-corrected chi connectivity index (χ3v) is 2.02. The van der Waals surface area contributed by atoms with E-state index in [0.717, 1.165) is 0 Å². The predicted molar refractivity (Wildman–Crippen MR) is 59.9 cm³/mol. The molecule has 0 aliphatic carbocycles. The lowest BCUT2D eigenvalue weighted by Gasteiger charge is -2.12. The predicted octanol–water partition coefficient (Wildman–Crippen LogP) is 1.41. The Morgan fingerprint density at radius 2 is 1.82 bits per heavy atom.